The molecule has 1 aliphatic heterocycles. The van der Waals surface area contributed by atoms with Gasteiger partial charge in [-0.1, -0.05) is 12.8 Å². The van der Waals surface area contributed by atoms with Gasteiger partial charge in [0.25, 0.3) is 0 Å². The van der Waals surface area contributed by atoms with Crippen LogP contribution in [0.15, 0.2) is 0 Å². The maximum atomic E-state index is 5.47. The Morgan fingerprint density at radius 3 is 2.56 bits per heavy atom. The van der Waals surface area contributed by atoms with Crippen LogP contribution in [0, 0.1) is 0 Å². The van der Waals surface area contributed by atoms with Gasteiger partial charge in [0, 0.05) is 25.2 Å². The average Bonchev–Trinajstić information content (AvgIpc) is 2.55. The Bertz CT molecular complexity index is 193. The lowest BCUT2D eigenvalue weighted by Crippen LogP contribution is -2.36. The first-order chi connectivity index (χ1) is 8.58. The Hall–Kier alpha value is -0.120. The van der Waals surface area contributed by atoms with Gasteiger partial charge in [-0.15, -0.1) is 0 Å². The molecule has 1 aliphatic rings. The zero-order valence-electron chi connectivity index (χ0n) is 12.6. The standard InChI is InChI=1S/C15H32N2O/c1-15(2,3)16-9-6-4-5-7-10-17-11-8-13-18-14-12-17/h16H,4-14H2,1-3H3. The minimum absolute atomic E-state index is 0.270. The van der Waals surface area contributed by atoms with Gasteiger partial charge < -0.3 is 15.0 Å². The number of ether oxygens (including phenoxy) is 1. The largest absolute Gasteiger partial charge is 0.380 e. The molecule has 1 rings (SSSR count). The molecule has 0 bridgehead atoms. The summed E-state index contributed by atoms with van der Waals surface area (Å²) in [4.78, 5) is 2.56. The highest BCUT2D eigenvalue weighted by Crippen LogP contribution is 2.05. The van der Waals surface area contributed by atoms with Gasteiger partial charge in [-0.25, -0.2) is 0 Å². The molecule has 0 aromatic rings. The Morgan fingerprint density at radius 1 is 1.00 bits per heavy atom. The molecule has 3 nitrogen and oxygen atoms in total. The molecule has 0 aromatic carbocycles. The smallest absolute Gasteiger partial charge is 0.0593 e. The van der Waals surface area contributed by atoms with Crippen molar-refractivity contribution < 1.29 is 4.74 Å². The van der Waals surface area contributed by atoms with E-state index < -0.39 is 0 Å². The van der Waals surface area contributed by atoms with Gasteiger partial charge in [-0.3, -0.25) is 0 Å². The molecule has 1 saturated heterocycles. The molecule has 3 heteroatoms. The quantitative estimate of drug-likeness (QED) is 0.709. The van der Waals surface area contributed by atoms with Crippen molar-refractivity contribution in [3.8, 4) is 0 Å². The van der Waals surface area contributed by atoms with Crippen LogP contribution in [-0.2, 0) is 4.74 Å². The maximum Gasteiger partial charge on any atom is 0.0593 e. The van der Waals surface area contributed by atoms with Crippen LogP contribution in [0.2, 0.25) is 0 Å². The molecule has 0 unspecified atom stereocenters. The molecular weight excluding hydrogens is 224 g/mol. The molecule has 0 aliphatic carbocycles. The van der Waals surface area contributed by atoms with Crippen LogP contribution in [0.3, 0.4) is 0 Å². The van der Waals surface area contributed by atoms with Crippen LogP contribution >= 0.6 is 0 Å². The van der Waals surface area contributed by atoms with Crippen molar-refractivity contribution >= 4 is 0 Å². The summed E-state index contributed by atoms with van der Waals surface area (Å²) in [5.41, 5.74) is 0.270. The zero-order valence-corrected chi connectivity index (χ0v) is 12.6. The predicted molar refractivity (Wildman–Crippen MR) is 78.1 cm³/mol. The van der Waals surface area contributed by atoms with E-state index in [1.54, 1.807) is 0 Å². The highest BCUT2D eigenvalue weighted by Gasteiger charge is 2.09. The van der Waals surface area contributed by atoms with Gasteiger partial charge in [-0.2, -0.15) is 0 Å². The van der Waals surface area contributed by atoms with Crippen LogP contribution in [0.4, 0.5) is 0 Å². The van der Waals surface area contributed by atoms with E-state index in [1.807, 2.05) is 0 Å². The summed E-state index contributed by atoms with van der Waals surface area (Å²) >= 11 is 0. The number of nitrogens with zero attached hydrogens (tertiary/aromatic N) is 1. The van der Waals surface area contributed by atoms with E-state index >= 15 is 0 Å². The molecule has 0 atom stereocenters. The van der Waals surface area contributed by atoms with E-state index in [-0.39, 0.29) is 5.54 Å². The average molecular weight is 256 g/mol. The number of hydrogen-bond acceptors (Lipinski definition) is 3. The molecule has 18 heavy (non-hydrogen) atoms. The van der Waals surface area contributed by atoms with Crippen LogP contribution < -0.4 is 5.32 Å². The van der Waals surface area contributed by atoms with Crippen molar-refractivity contribution in [2.24, 2.45) is 0 Å². The predicted octanol–water partition coefficient (Wildman–Crippen LogP) is 2.66. The van der Waals surface area contributed by atoms with Crippen molar-refractivity contribution in [2.45, 2.75) is 58.4 Å². The lowest BCUT2D eigenvalue weighted by Gasteiger charge is -2.20. The summed E-state index contributed by atoms with van der Waals surface area (Å²) in [5, 5.41) is 3.54. The summed E-state index contributed by atoms with van der Waals surface area (Å²) in [5.74, 6) is 0. The van der Waals surface area contributed by atoms with Crippen molar-refractivity contribution in [1.82, 2.24) is 10.2 Å². The summed E-state index contributed by atoms with van der Waals surface area (Å²) in [6.07, 6.45) is 6.57. The van der Waals surface area contributed by atoms with Crippen LogP contribution in [0.5, 0.6) is 0 Å². The Kier molecular flexibility index (Phi) is 7.87. The topological polar surface area (TPSA) is 24.5 Å². The van der Waals surface area contributed by atoms with Gasteiger partial charge in [0.05, 0.1) is 6.61 Å². The minimum atomic E-state index is 0.270. The Balaban J connectivity index is 1.89. The zero-order chi connectivity index (χ0) is 13.3. The fourth-order valence-corrected chi connectivity index (χ4v) is 2.30. The normalized spacial score (nSPS) is 18.8. The van der Waals surface area contributed by atoms with E-state index in [1.165, 1.54) is 45.2 Å². The highest BCUT2D eigenvalue weighted by atomic mass is 16.5. The fraction of sp³-hybridized carbons (Fsp3) is 1.00. The minimum Gasteiger partial charge on any atom is -0.380 e. The second-order valence-electron chi connectivity index (χ2n) is 6.40. The third kappa shape index (κ3) is 8.90. The second kappa shape index (κ2) is 8.89. The molecule has 1 heterocycles. The Morgan fingerprint density at radius 2 is 1.78 bits per heavy atom. The first-order valence-electron chi connectivity index (χ1n) is 7.63. The molecule has 0 amide bonds. The first kappa shape index (κ1) is 15.9. The number of unbranched alkanes of at least 4 members (excludes halogenated alkanes) is 3. The first-order valence-corrected chi connectivity index (χ1v) is 7.63. The summed E-state index contributed by atoms with van der Waals surface area (Å²) < 4.78 is 5.47. The van der Waals surface area contributed by atoms with E-state index in [0.717, 1.165) is 26.3 Å². The summed E-state index contributed by atoms with van der Waals surface area (Å²) in [7, 11) is 0. The van der Waals surface area contributed by atoms with Gasteiger partial charge in [0.1, 0.15) is 0 Å². The van der Waals surface area contributed by atoms with Crippen molar-refractivity contribution in [3.63, 3.8) is 0 Å². The van der Waals surface area contributed by atoms with E-state index in [2.05, 4.69) is 31.0 Å². The van der Waals surface area contributed by atoms with Crippen LogP contribution in [0.1, 0.15) is 52.9 Å². The van der Waals surface area contributed by atoms with Crippen molar-refractivity contribution in [1.29, 1.82) is 0 Å². The van der Waals surface area contributed by atoms with Crippen molar-refractivity contribution in [2.75, 3.05) is 39.4 Å². The summed E-state index contributed by atoms with van der Waals surface area (Å²) in [6.45, 7) is 13.3. The van der Waals surface area contributed by atoms with Crippen LogP contribution in [-0.4, -0.2) is 49.8 Å². The van der Waals surface area contributed by atoms with Gasteiger partial charge in [-0.05, 0) is 53.1 Å². The second-order valence-corrected chi connectivity index (χ2v) is 6.40. The lowest BCUT2D eigenvalue weighted by atomic mass is 10.1. The van der Waals surface area contributed by atoms with E-state index in [9.17, 15) is 0 Å². The molecular formula is C15H32N2O. The molecule has 0 aromatic heterocycles. The van der Waals surface area contributed by atoms with Gasteiger partial charge in [0.15, 0.2) is 0 Å². The molecule has 1 N–H and O–H groups in total. The number of hydrogen-bond donors (Lipinski definition) is 1. The third-order valence-corrected chi connectivity index (χ3v) is 3.37. The SMILES string of the molecule is CC(C)(C)NCCCCCCN1CCCOCC1. The van der Waals surface area contributed by atoms with E-state index in [4.69, 9.17) is 4.74 Å². The molecule has 1 fully saturated rings. The number of nitrogens with one attached hydrogen (secondary N) is 1. The molecule has 0 radical (unpaired) electrons. The molecule has 0 spiro atoms. The van der Waals surface area contributed by atoms with E-state index in [0.29, 0.717) is 0 Å². The fourth-order valence-electron chi connectivity index (χ4n) is 2.30. The number of rotatable bonds is 7. The highest BCUT2D eigenvalue weighted by molar-refractivity contribution is 4.69. The van der Waals surface area contributed by atoms with Crippen LogP contribution in [0.25, 0.3) is 0 Å². The van der Waals surface area contributed by atoms with Crippen molar-refractivity contribution in [3.05, 3.63) is 0 Å². The molecule has 0 saturated carbocycles. The lowest BCUT2D eigenvalue weighted by molar-refractivity contribution is 0.141. The third-order valence-electron chi connectivity index (χ3n) is 3.37. The summed E-state index contributed by atoms with van der Waals surface area (Å²) in [6, 6.07) is 0. The molecule has 108 valence electrons. The van der Waals surface area contributed by atoms with Gasteiger partial charge in [0.2, 0.25) is 0 Å². The monoisotopic (exact) mass is 256 g/mol. The van der Waals surface area contributed by atoms with Gasteiger partial charge >= 0.3 is 0 Å². The Labute approximate surface area is 113 Å². The maximum absolute atomic E-state index is 5.47.